The molecule has 7 heteroatoms. The van der Waals surface area contributed by atoms with Crippen molar-refractivity contribution in [1.29, 1.82) is 0 Å². The Bertz CT molecular complexity index is 903. The Morgan fingerprint density at radius 1 is 1.41 bits per heavy atom. The van der Waals surface area contributed by atoms with E-state index in [4.69, 9.17) is 0 Å². The Morgan fingerprint density at radius 3 is 3.00 bits per heavy atom. The first-order valence-electron chi connectivity index (χ1n) is 6.52. The summed E-state index contributed by atoms with van der Waals surface area (Å²) in [6.45, 7) is 0.135. The Balaban J connectivity index is 1.84. The molecule has 0 bridgehead atoms. The molecule has 1 aromatic carbocycles. The zero-order valence-electron chi connectivity index (χ0n) is 11.7. The highest BCUT2D eigenvalue weighted by molar-refractivity contribution is 7.17. The van der Waals surface area contributed by atoms with Crippen LogP contribution in [-0.2, 0) is 6.54 Å². The lowest BCUT2D eigenvalue weighted by Gasteiger charge is -2.16. The Labute approximate surface area is 129 Å². The normalized spacial score (nSPS) is 10.8. The van der Waals surface area contributed by atoms with Crippen LogP contribution in [0.15, 0.2) is 40.5 Å². The van der Waals surface area contributed by atoms with Crippen molar-refractivity contribution in [2.24, 2.45) is 0 Å². The average Bonchev–Trinajstić information content (AvgIpc) is 2.95. The first-order valence-corrected chi connectivity index (χ1v) is 7.40. The van der Waals surface area contributed by atoms with E-state index in [2.05, 4.69) is 9.97 Å². The molecule has 0 saturated heterocycles. The highest BCUT2D eigenvalue weighted by Crippen LogP contribution is 2.14. The summed E-state index contributed by atoms with van der Waals surface area (Å²) in [7, 11) is 1.57. The fourth-order valence-electron chi connectivity index (χ4n) is 2.13. The van der Waals surface area contributed by atoms with Gasteiger partial charge in [-0.1, -0.05) is 6.07 Å². The van der Waals surface area contributed by atoms with E-state index < -0.39 is 5.82 Å². The van der Waals surface area contributed by atoms with Crippen molar-refractivity contribution in [1.82, 2.24) is 14.9 Å². The zero-order chi connectivity index (χ0) is 15.7. The lowest BCUT2D eigenvalue weighted by molar-refractivity contribution is 0.0781. The van der Waals surface area contributed by atoms with E-state index in [0.717, 1.165) is 0 Å². The fourth-order valence-corrected chi connectivity index (χ4v) is 2.86. The summed E-state index contributed by atoms with van der Waals surface area (Å²) in [5, 5.41) is 1.79. The van der Waals surface area contributed by atoms with Crippen LogP contribution in [0.25, 0.3) is 10.2 Å². The lowest BCUT2D eigenvalue weighted by Crippen LogP contribution is -2.28. The van der Waals surface area contributed by atoms with Crippen LogP contribution in [0.5, 0.6) is 0 Å². The third-order valence-corrected chi connectivity index (χ3v) is 4.07. The van der Waals surface area contributed by atoms with Gasteiger partial charge in [0.15, 0.2) is 0 Å². The van der Waals surface area contributed by atoms with E-state index in [9.17, 15) is 14.0 Å². The summed E-state index contributed by atoms with van der Waals surface area (Å²) in [6.07, 6.45) is 0. The maximum atomic E-state index is 13.2. The van der Waals surface area contributed by atoms with Gasteiger partial charge in [0.2, 0.25) is 0 Å². The molecule has 0 saturated carbocycles. The smallest absolute Gasteiger partial charge is 0.268 e. The molecule has 0 aliphatic heterocycles. The van der Waals surface area contributed by atoms with Crippen molar-refractivity contribution in [2.75, 3.05) is 7.05 Å². The number of fused-ring (bicyclic) bond motifs is 1. The molecule has 0 fully saturated rings. The number of carbonyl (C=O) groups excluding carboxylic acids is 1. The molecule has 22 heavy (non-hydrogen) atoms. The number of halogens is 1. The van der Waals surface area contributed by atoms with Gasteiger partial charge in [-0.3, -0.25) is 9.59 Å². The number of nitrogens with zero attached hydrogens (tertiary/aromatic N) is 2. The summed E-state index contributed by atoms with van der Waals surface area (Å²) in [5.41, 5.74) is 0.637. The van der Waals surface area contributed by atoms with Gasteiger partial charge >= 0.3 is 0 Å². The minimum Gasteiger partial charge on any atom is -0.334 e. The molecule has 112 valence electrons. The van der Waals surface area contributed by atoms with E-state index in [1.54, 1.807) is 24.6 Å². The quantitative estimate of drug-likeness (QED) is 0.806. The number of aromatic amines is 1. The number of nitrogens with one attached hydrogen (secondary N) is 1. The van der Waals surface area contributed by atoms with Gasteiger partial charge in [-0.15, -0.1) is 11.3 Å². The fraction of sp³-hybridized carbons (Fsp3) is 0.133. The zero-order valence-corrected chi connectivity index (χ0v) is 12.5. The van der Waals surface area contributed by atoms with Crippen LogP contribution in [0, 0.1) is 5.82 Å². The predicted octanol–water partition coefficient (Wildman–Crippen LogP) is 2.40. The maximum absolute atomic E-state index is 13.2. The second kappa shape index (κ2) is 5.69. The van der Waals surface area contributed by atoms with Gasteiger partial charge in [-0.25, -0.2) is 9.37 Å². The molecule has 3 aromatic rings. The van der Waals surface area contributed by atoms with Gasteiger partial charge in [-0.2, -0.15) is 0 Å². The van der Waals surface area contributed by atoms with Gasteiger partial charge in [0, 0.05) is 12.6 Å². The van der Waals surface area contributed by atoms with E-state index in [-0.39, 0.29) is 23.6 Å². The second-order valence-corrected chi connectivity index (χ2v) is 5.74. The summed E-state index contributed by atoms with van der Waals surface area (Å²) in [6, 6.07) is 7.23. The molecule has 0 radical (unpaired) electrons. The topological polar surface area (TPSA) is 66.1 Å². The van der Waals surface area contributed by atoms with Crippen molar-refractivity contribution in [2.45, 2.75) is 6.54 Å². The molecule has 0 spiro atoms. The van der Waals surface area contributed by atoms with E-state index in [1.165, 1.54) is 34.4 Å². The molecule has 0 aliphatic carbocycles. The van der Waals surface area contributed by atoms with Gasteiger partial charge in [-0.05, 0) is 29.6 Å². The lowest BCUT2D eigenvalue weighted by atomic mass is 10.2. The SMILES string of the molecule is CN(Cc1nc2ccsc2c(=O)[nH]1)C(=O)c1cccc(F)c1. The van der Waals surface area contributed by atoms with Crippen LogP contribution >= 0.6 is 11.3 Å². The van der Waals surface area contributed by atoms with Crippen LogP contribution in [0.1, 0.15) is 16.2 Å². The van der Waals surface area contributed by atoms with Crippen LogP contribution in [0.3, 0.4) is 0 Å². The first kappa shape index (κ1) is 14.4. The third kappa shape index (κ3) is 2.75. The molecule has 1 N–H and O–H groups in total. The van der Waals surface area contributed by atoms with E-state index >= 15 is 0 Å². The van der Waals surface area contributed by atoms with Gasteiger partial charge in [0.25, 0.3) is 11.5 Å². The van der Waals surface area contributed by atoms with Crippen molar-refractivity contribution < 1.29 is 9.18 Å². The second-order valence-electron chi connectivity index (χ2n) is 4.82. The molecular weight excluding hydrogens is 305 g/mol. The summed E-state index contributed by atoms with van der Waals surface area (Å²) in [5.74, 6) is -0.416. The molecule has 2 heterocycles. The van der Waals surface area contributed by atoms with Crippen molar-refractivity contribution in [3.8, 4) is 0 Å². The average molecular weight is 317 g/mol. The highest BCUT2D eigenvalue weighted by atomic mass is 32.1. The minimum absolute atomic E-state index is 0.135. The molecule has 0 aliphatic rings. The predicted molar refractivity (Wildman–Crippen MR) is 82.4 cm³/mol. The van der Waals surface area contributed by atoms with Crippen LogP contribution in [-0.4, -0.2) is 27.8 Å². The number of hydrogen-bond donors (Lipinski definition) is 1. The van der Waals surface area contributed by atoms with Crippen molar-refractivity contribution >= 4 is 27.5 Å². The number of H-pyrrole nitrogens is 1. The first-order chi connectivity index (χ1) is 10.5. The van der Waals surface area contributed by atoms with Crippen molar-refractivity contribution in [3.05, 3.63) is 63.3 Å². The molecule has 3 rings (SSSR count). The van der Waals surface area contributed by atoms with Crippen LogP contribution in [0.2, 0.25) is 0 Å². The van der Waals surface area contributed by atoms with Gasteiger partial charge < -0.3 is 9.88 Å². The summed E-state index contributed by atoms with van der Waals surface area (Å²) < 4.78 is 13.7. The van der Waals surface area contributed by atoms with E-state index in [1.807, 2.05) is 0 Å². The summed E-state index contributed by atoms with van der Waals surface area (Å²) >= 11 is 1.32. The van der Waals surface area contributed by atoms with Crippen LogP contribution in [0.4, 0.5) is 4.39 Å². The van der Waals surface area contributed by atoms with Gasteiger partial charge in [0.05, 0.1) is 12.1 Å². The molecule has 0 atom stereocenters. The number of rotatable bonds is 3. The molecule has 0 unspecified atom stereocenters. The van der Waals surface area contributed by atoms with Crippen molar-refractivity contribution in [3.63, 3.8) is 0 Å². The Kier molecular flexibility index (Phi) is 3.72. The largest absolute Gasteiger partial charge is 0.334 e. The Morgan fingerprint density at radius 2 is 2.23 bits per heavy atom. The molecule has 1 amide bonds. The number of hydrogen-bond acceptors (Lipinski definition) is 4. The molecule has 2 aromatic heterocycles. The molecular formula is C15H12FN3O2S. The standard InChI is InChI=1S/C15H12FN3O2S/c1-19(15(21)9-3-2-4-10(16)7-9)8-12-17-11-5-6-22-13(11)14(20)18-12/h2-7H,8H2,1H3,(H,17,18,20). The third-order valence-electron chi connectivity index (χ3n) is 3.17. The molecule has 5 nitrogen and oxygen atoms in total. The number of aromatic nitrogens is 2. The number of benzene rings is 1. The minimum atomic E-state index is -0.467. The summed E-state index contributed by atoms with van der Waals surface area (Å²) in [4.78, 5) is 32.5. The number of carbonyl (C=O) groups is 1. The Hall–Kier alpha value is -2.54. The highest BCUT2D eigenvalue weighted by Gasteiger charge is 2.14. The number of amides is 1. The number of thiophene rings is 1. The van der Waals surface area contributed by atoms with E-state index in [0.29, 0.717) is 16.0 Å². The monoisotopic (exact) mass is 317 g/mol. The van der Waals surface area contributed by atoms with Crippen LogP contribution < -0.4 is 5.56 Å². The maximum Gasteiger partial charge on any atom is 0.268 e. The van der Waals surface area contributed by atoms with Gasteiger partial charge in [0.1, 0.15) is 16.3 Å².